The minimum absolute atomic E-state index is 0.151. The second-order valence-corrected chi connectivity index (χ2v) is 6.25. The van der Waals surface area contributed by atoms with Gasteiger partial charge in [0.2, 0.25) is 5.91 Å². The minimum Gasteiger partial charge on any atom is -0.382 e. The Hall–Kier alpha value is -0.880. The maximum atomic E-state index is 12.1. The predicted molar refractivity (Wildman–Crippen MR) is 80.5 cm³/mol. The molecule has 5 nitrogen and oxygen atoms in total. The maximum Gasteiger partial charge on any atom is 0.222 e. The fraction of sp³-hybridized carbons (Fsp3) is 0.714. The summed E-state index contributed by atoms with van der Waals surface area (Å²) >= 11 is 3.41. The van der Waals surface area contributed by atoms with Gasteiger partial charge >= 0.3 is 0 Å². The first-order chi connectivity index (χ1) is 9.60. The normalized spacial score (nSPS) is 18.2. The highest BCUT2D eigenvalue weighted by Crippen LogP contribution is 2.23. The number of methoxy groups -OCH3 is 1. The van der Waals surface area contributed by atoms with E-state index in [0.29, 0.717) is 12.5 Å². The lowest BCUT2D eigenvalue weighted by Gasteiger charge is -2.32. The number of ether oxygens (including phenoxy) is 1. The molecule has 1 aliphatic heterocycles. The van der Waals surface area contributed by atoms with Gasteiger partial charge in [-0.2, -0.15) is 5.10 Å². The fourth-order valence-corrected chi connectivity index (χ4v) is 2.80. The molecule has 20 heavy (non-hydrogen) atoms. The van der Waals surface area contributed by atoms with E-state index < -0.39 is 0 Å². The van der Waals surface area contributed by atoms with Crippen molar-refractivity contribution < 1.29 is 9.53 Å². The van der Waals surface area contributed by atoms with Crippen LogP contribution < -0.4 is 0 Å². The van der Waals surface area contributed by atoms with Gasteiger partial charge in [0.1, 0.15) is 0 Å². The quantitative estimate of drug-likeness (QED) is 0.825. The third kappa shape index (κ3) is 4.06. The van der Waals surface area contributed by atoms with E-state index in [2.05, 4.69) is 21.0 Å². The lowest BCUT2D eigenvalue weighted by molar-refractivity contribution is -0.133. The zero-order valence-electron chi connectivity index (χ0n) is 12.1. The topological polar surface area (TPSA) is 47.4 Å². The van der Waals surface area contributed by atoms with E-state index >= 15 is 0 Å². The van der Waals surface area contributed by atoms with E-state index in [1.165, 1.54) is 0 Å². The van der Waals surface area contributed by atoms with Crippen LogP contribution in [0.4, 0.5) is 0 Å². The van der Waals surface area contributed by atoms with Gasteiger partial charge in [0.25, 0.3) is 0 Å². The third-order valence-electron chi connectivity index (χ3n) is 3.93. The minimum atomic E-state index is 0.151. The Labute approximate surface area is 128 Å². The van der Waals surface area contributed by atoms with Crippen molar-refractivity contribution in [1.82, 2.24) is 14.7 Å². The summed E-state index contributed by atoms with van der Waals surface area (Å²) in [6, 6.07) is 0.406. The average Bonchev–Trinajstić information content (AvgIpc) is 2.91. The van der Waals surface area contributed by atoms with E-state index in [-0.39, 0.29) is 12.0 Å². The van der Waals surface area contributed by atoms with Gasteiger partial charge in [0, 0.05) is 32.8 Å². The van der Waals surface area contributed by atoms with Gasteiger partial charge in [-0.3, -0.25) is 9.48 Å². The first-order valence-electron chi connectivity index (χ1n) is 7.10. The SMILES string of the molecule is COC(C)CCC(=O)N1CCC(n2cc(Br)cn2)CC1. The number of halogens is 1. The Bertz CT molecular complexity index is 441. The molecule has 0 spiro atoms. The van der Waals surface area contributed by atoms with Crippen molar-refractivity contribution in [1.29, 1.82) is 0 Å². The van der Waals surface area contributed by atoms with E-state index in [0.717, 1.165) is 36.8 Å². The predicted octanol–water partition coefficient (Wildman–Crippen LogP) is 2.62. The van der Waals surface area contributed by atoms with Gasteiger partial charge < -0.3 is 9.64 Å². The summed E-state index contributed by atoms with van der Waals surface area (Å²) < 4.78 is 8.18. The molecule has 1 unspecified atom stereocenters. The van der Waals surface area contributed by atoms with Crippen molar-refractivity contribution in [2.45, 2.75) is 44.8 Å². The van der Waals surface area contributed by atoms with Crippen molar-refractivity contribution in [2.75, 3.05) is 20.2 Å². The monoisotopic (exact) mass is 343 g/mol. The van der Waals surface area contributed by atoms with E-state index in [9.17, 15) is 4.79 Å². The summed E-state index contributed by atoms with van der Waals surface area (Å²) in [5.74, 6) is 0.244. The second-order valence-electron chi connectivity index (χ2n) is 5.34. The number of carbonyl (C=O) groups excluding carboxylic acids is 1. The summed E-state index contributed by atoms with van der Waals surface area (Å²) in [6.45, 7) is 3.64. The zero-order chi connectivity index (χ0) is 14.5. The van der Waals surface area contributed by atoms with Crippen molar-refractivity contribution in [2.24, 2.45) is 0 Å². The highest BCUT2D eigenvalue weighted by Gasteiger charge is 2.24. The van der Waals surface area contributed by atoms with Crippen LogP contribution in [0.3, 0.4) is 0 Å². The van der Waals surface area contributed by atoms with Gasteiger partial charge in [-0.25, -0.2) is 0 Å². The zero-order valence-corrected chi connectivity index (χ0v) is 13.7. The summed E-state index contributed by atoms with van der Waals surface area (Å²) in [6.07, 6.45) is 7.28. The molecule has 0 N–H and O–H groups in total. The number of amides is 1. The molecule has 1 fully saturated rings. The number of carbonyl (C=O) groups is 1. The lowest BCUT2D eigenvalue weighted by atomic mass is 10.0. The van der Waals surface area contributed by atoms with E-state index in [1.54, 1.807) is 7.11 Å². The van der Waals surface area contributed by atoms with Crippen LogP contribution in [0.5, 0.6) is 0 Å². The molecule has 2 heterocycles. The van der Waals surface area contributed by atoms with Crippen LogP contribution in [0.1, 0.15) is 38.6 Å². The summed E-state index contributed by atoms with van der Waals surface area (Å²) in [4.78, 5) is 14.1. The second kappa shape index (κ2) is 7.22. The lowest BCUT2D eigenvalue weighted by Crippen LogP contribution is -2.39. The average molecular weight is 344 g/mol. The van der Waals surface area contributed by atoms with Crippen LogP contribution in [0.15, 0.2) is 16.9 Å². The molecule has 112 valence electrons. The number of hydrogen-bond acceptors (Lipinski definition) is 3. The van der Waals surface area contributed by atoms with Crippen LogP contribution in [-0.2, 0) is 9.53 Å². The molecular formula is C14H22BrN3O2. The van der Waals surface area contributed by atoms with Crippen LogP contribution in [0, 0.1) is 0 Å². The van der Waals surface area contributed by atoms with Gasteiger partial charge in [-0.05, 0) is 42.1 Å². The Kier molecular flexibility index (Phi) is 5.60. The van der Waals surface area contributed by atoms with Crippen LogP contribution in [-0.4, -0.2) is 46.9 Å². The number of hydrogen-bond donors (Lipinski definition) is 0. The number of likely N-dealkylation sites (tertiary alicyclic amines) is 1. The molecule has 1 amide bonds. The summed E-state index contributed by atoms with van der Waals surface area (Å²) in [7, 11) is 1.68. The molecule has 1 saturated heterocycles. The van der Waals surface area contributed by atoms with Gasteiger partial charge in [0.15, 0.2) is 0 Å². The molecule has 2 rings (SSSR count). The maximum absolute atomic E-state index is 12.1. The first-order valence-corrected chi connectivity index (χ1v) is 7.89. The van der Waals surface area contributed by atoms with Gasteiger partial charge in [-0.1, -0.05) is 0 Å². The van der Waals surface area contributed by atoms with Crippen molar-refractivity contribution in [3.8, 4) is 0 Å². The molecule has 1 aromatic heterocycles. The highest BCUT2D eigenvalue weighted by atomic mass is 79.9. The van der Waals surface area contributed by atoms with Crippen LogP contribution in [0.2, 0.25) is 0 Å². The Morgan fingerprint density at radius 2 is 2.25 bits per heavy atom. The number of aromatic nitrogens is 2. The third-order valence-corrected chi connectivity index (χ3v) is 4.34. The molecule has 0 radical (unpaired) electrons. The summed E-state index contributed by atoms with van der Waals surface area (Å²) in [5.41, 5.74) is 0. The van der Waals surface area contributed by atoms with Crippen molar-refractivity contribution in [3.63, 3.8) is 0 Å². The van der Waals surface area contributed by atoms with Crippen molar-refractivity contribution >= 4 is 21.8 Å². The molecule has 0 aliphatic carbocycles. The number of piperidine rings is 1. The smallest absolute Gasteiger partial charge is 0.222 e. The Balaban J connectivity index is 1.77. The highest BCUT2D eigenvalue weighted by molar-refractivity contribution is 9.10. The van der Waals surface area contributed by atoms with Crippen LogP contribution >= 0.6 is 15.9 Å². The molecule has 0 saturated carbocycles. The Morgan fingerprint density at radius 1 is 1.55 bits per heavy atom. The van der Waals surface area contributed by atoms with Gasteiger partial charge in [-0.15, -0.1) is 0 Å². The van der Waals surface area contributed by atoms with Gasteiger partial charge in [0.05, 0.1) is 22.8 Å². The van der Waals surface area contributed by atoms with E-state index in [4.69, 9.17) is 4.74 Å². The number of nitrogens with zero attached hydrogens (tertiary/aromatic N) is 3. The standard InChI is InChI=1S/C14H22BrN3O2/c1-11(20-2)3-4-14(19)17-7-5-13(6-8-17)18-10-12(15)9-16-18/h9-11,13H,3-8H2,1-2H3. The molecule has 1 atom stereocenters. The number of rotatable bonds is 5. The van der Waals surface area contributed by atoms with Crippen molar-refractivity contribution in [3.05, 3.63) is 16.9 Å². The molecule has 1 aliphatic rings. The van der Waals surface area contributed by atoms with Crippen LogP contribution in [0.25, 0.3) is 0 Å². The molecule has 1 aromatic rings. The largest absolute Gasteiger partial charge is 0.382 e. The first kappa shape index (κ1) is 15.5. The molecule has 0 bridgehead atoms. The summed E-state index contributed by atoms with van der Waals surface area (Å²) in [5, 5.41) is 4.33. The Morgan fingerprint density at radius 3 is 2.80 bits per heavy atom. The molecule has 6 heteroatoms. The molecular weight excluding hydrogens is 322 g/mol. The van der Waals surface area contributed by atoms with E-state index in [1.807, 2.05) is 28.9 Å². The fourth-order valence-electron chi connectivity index (χ4n) is 2.50. The molecule has 0 aromatic carbocycles.